The number of piperazine rings is 1. The quantitative estimate of drug-likeness (QED) is 0.901. The standard InChI is InChI=1S/C13H16F2N2O2/c14-13(15)18-11-2-1-10(9-12(11)19-13)3-6-17-7-4-16-5-8-17/h1-2,9,16H,3-8H2. The fourth-order valence-electron chi connectivity index (χ4n) is 2.37. The number of nitrogens with zero attached hydrogens (tertiary/aromatic N) is 1. The van der Waals surface area contributed by atoms with E-state index in [1.165, 1.54) is 0 Å². The van der Waals surface area contributed by atoms with Crippen molar-refractivity contribution in [1.82, 2.24) is 10.2 Å². The summed E-state index contributed by atoms with van der Waals surface area (Å²) in [6, 6.07) is 4.99. The first-order chi connectivity index (χ1) is 9.12. The Morgan fingerprint density at radius 1 is 1.16 bits per heavy atom. The van der Waals surface area contributed by atoms with Gasteiger partial charge >= 0.3 is 6.29 Å². The smallest absolute Gasteiger partial charge is 0.395 e. The lowest BCUT2D eigenvalue weighted by molar-refractivity contribution is -0.286. The molecule has 0 unspecified atom stereocenters. The van der Waals surface area contributed by atoms with Crippen molar-refractivity contribution >= 4 is 0 Å². The minimum atomic E-state index is -3.53. The van der Waals surface area contributed by atoms with Gasteiger partial charge in [-0.3, -0.25) is 0 Å². The molecule has 1 fully saturated rings. The third kappa shape index (κ3) is 2.96. The zero-order valence-corrected chi connectivity index (χ0v) is 10.5. The van der Waals surface area contributed by atoms with E-state index in [-0.39, 0.29) is 11.5 Å². The molecular formula is C13H16F2N2O2. The highest BCUT2D eigenvalue weighted by Gasteiger charge is 2.43. The predicted molar refractivity (Wildman–Crippen MR) is 65.7 cm³/mol. The van der Waals surface area contributed by atoms with Crippen LogP contribution in [0.3, 0.4) is 0 Å². The van der Waals surface area contributed by atoms with Crippen LogP contribution in [0.25, 0.3) is 0 Å². The lowest BCUT2D eigenvalue weighted by Gasteiger charge is -2.27. The van der Waals surface area contributed by atoms with Crippen molar-refractivity contribution in [1.29, 1.82) is 0 Å². The van der Waals surface area contributed by atoms with Crippen LogP contribution >= 0.6 is 0 Å². The third-order valence-corrected chi connectivity index (χ3v) is 3.39. The van der Waals surface area contributed by atoms with Gasteiger partial charge in [0.05, 0.1) is 0 Å². The Balaban J connectivity index is 1.60. The number of alkyl halides is 2. The number of nitrogens with one attached hydrogen (secondary N) is 1. The molecule has 1 aromatic carbocycles. The van der Waals surface area contributed by atoms with E-state index in [0.717, 1.165) is 44.7 Å². The van der Waals surface area contributed by atoms with Gasteiger partial charge < -0.3 is 19.7 Å². The fraction of sp³-hybridized carbons (Fsp3) is 0.538. The fourth-order valence-corrected chi connectivity index (χ4v) is 2.37. The van der Waals surface area contributed by atoms with Gasteiger partial charge in [-0.05, 0) is 24.1 Å². The van der Waals surface area contributed by atoms with Crippen LogP contribution in [0.4, 0.5) is 8.78 Å². The predicted octanol–water partition coefficient (Wildman–Crippen LogP) is 1.46. The Hall–Kier alpha value is -1.40. The van der Waals surface area contributed by atoms with Gasteiger partial charge in [-0.15, -0.1) is 8.78 Å². The molecule has 0 saturated carbocycles. The van der Waals surface area contributed by atoms with E-state index in [1.54, 1.807) is 12.1 Å². The number of hydrogen-bond acceptors (Lipinski definition) is 4. The topological polar surface area (TPSA) is 33.7 Å². The first-order valence-corrected chi connectivity index (χ1v) is 6.44. The average Bonchev–Trinajstić information content (AvgIpc) is 2.70. The molecule has 0 amide bonds. The molecule has 1 N–H and O–H groups in total. The molecule has 104 valence electrons. The Kier molecular flexibility index (Phi) is 3.28. The van der Waals surface area contributed by atoms with Gasteiger partial charge in [-0.2, -0.15) is 0 Å². The van der Waals surface area contributed by atoms with E-state index in [4.69, 9.17) is 0 Å². The minimum Gasteiger partial charge on any atom is -0.395 e. The summed E-state index contributed by atoms with van der Waals surface area (Å²) in [5, 5.41) is 3.29. The minimum absolute atomic E-state index is 0.107. The van der Waals surface area contributed by atoms with E-state index in [2.05, 4.69) is 19.7 Å². The van der Waals surface area contributed by atoms with E-state index >= 15 is 0 Å². The highest BCUT2D eigenvalue weighted by Crippen LogP contribution is 2.41. The maximum absolute atomic E-state index is 12.9. The van der Waals surface area contributed by atoms with Crippen LogP contribution < -0.4 is 14.8 Å². The van der Waals surface area contributed by atoms with Gasteiger partial charge in [0.15, 0.2) is 11.5 Å². The van der Waals surface area contributed by atoms with Gasteiger partial charge in [0.25, 0.3) is 0 Å². The van der Waals surface area contributed by atoms with E-state index < -0.39 is 6.29 Å². The summed E-state index contributed by atoms with van der Waals surface area (Å²) in [5.41, 5.74) is 0.985. The van der Waals surface area contributed by atoms with Gasteiger partial charge in [0.1, 0.15) is 0 Å². The van der Waals surface area contributed by atoms with Crippen molar-refractivity contribution in [2.24, 2.45) is 0 Å². The molecule has 0 spiro atoms. The summed E-state index contributed by atoms with van der Waals surface area (Å²) < 4.78 is 34.6. The Labute approximate surface area is 110 Å². The summed E-state index contributed by atoms with van der Waals surface area (Å²) in [7, 11) is 0. The van der Waals surface area contributed by atoms with Gasteiger partial charge in [-0.25, -0.2) is 0 Å². The molecule has 2 aliphatic rings. The first-order valence-electron chi connectivity index (χ1n) is 6.44. The molecular weight excluding hydrogens is 254 g/mol. The number of hydrogen-bond donors (Lipinski definition) is 1. The lowest BCUT2D eigenvalue weighted by Crippen LogP contribution is -2.44. The molecule has 3 rings (SSSR count). The second-order valence-corrected chi connectivity index (χ2v) is 4.79. The van der Waals surface area contributed by atoms with E-state index in [9.17, 15) is 8.78 Å². The molecule has 0 atom stereocenters. The first kappa shape index (κ1) is 12.6. The van der Waals surface area contributed by atoms with Crippen molar-refractivity contribution in [3.8, 4) is 11.5 Å². The summed E-state index contributed by atoms with van der Waals surface area (Å²) in [6.45, 7) is 5.00. The molecule has 2 heterocycles. The molecule has 0 aliphatic carbocycles. The van der Waals surface area contributed by atoms with E-state index in [1.807, 2.05) is 6.07 Å². The van der Waals surface area contributed by atoms with Crippen LogP contribution in [0.2, 0.25) is 0 Å². The van der Waals surface area contributed by atoms with Crippen LogP contribution in [0, 0.1) is 0 Å². The van der Waals surface area contributed by atoms with Crippen LogP contribution in [0.1, 0.15) is 5.56 Å². The number of benzene rings is 1. The second kappa shape index (κ2) is 4.94. The van der Waals surface area contributed by atoms with Crippen molar-refractivity contribution in [2.45, 2.75) is 12.7 Å². The SMILES string of the molecule is FC1(F)Oc2ccc(CCN3CCNCC3)cc2O1. The lowest BCUT2D eigenvalue weighted by atomic mass is 10.1. The number of rotatable bonds is 3. The summed E-state index contributed by atoms with van der Waals surface area (Å²) in [5.74, 6) is 0.235. The molecule has 2 aliphatic heterocycles. The summed E-state index contributed by atoms with van der Waals surface area (Å²) in [6.07, 6.45) is -2.71. The maximum atomic E-state index is 12.9. The van der Waals surface area contributed by atoms with Crippen molar-refractivity contribution in [3.63, 3.8) is 0 Å². The van der Waals surface area contributed by atoms with Crippen molar-refractivity contribution in [2.75, 3.05) is 32.7 Å². The summed E-state index contributed by atoms with van der Waals surface area (Å²) in [4.78, 5) is 2.36. The molecule has 19 heavy (non-hydrogen) atoms. The van der Waals surface area contributed by atoms with Crippen LogP contribution in [0.15, 0.2) is 18.2 Å². The van der Waals surface area contributed by atoms with E-state index in [0.29, 0.717) is 0 Å². The van der Waals surface area contributed by atoms with Crippen LogP contribution in [0.5, 0.6) is 11.5 Å². The largest absolute Gasteiger partial charge is 0.586 e. The third-order valence-electron chi connectivity index (χ3n) is 3.39. The maximum Gasteiger partial charge on any atom is 0.586 e. The highest BCUT2D eigenvalue weighted by molar-refractivity contribution is 5.45. The Morgan fingerprint density at radius 2 is 1.89 bits per heavy atom. The van der Waals surface area contributed by atoms with Crippen LogP contribution in [-0.4, -0.2) is 43.9 Å². The molecule has 4 nitrogen and oxygen atoms in total. The average molecular weight is 270 g/mol. The number of ether oxygens (including phenoxy) is 2. The molecule has 0 aromatic heterocycles. The van der Waals surface area contributed by atoms with Gasteiger partial charge in [0, 0.05) is 32.7 Å². The highest BCUT2D eigenvalue weighted by atomic mass is 19.3. The summed E-state index contributed by atoms with van der Waals surface area (Å²) >= 11 is 0. The monoisotopic (exact) mass is 270 g/mol. The van der Waals surface area contributed by atoms with Gasteiger partial charge in [-0.1, -0.05) is 6.07 Å². The molecule has 1 saturated heterocycles. The molecule has 0 bridgehead atoms. The second-order valence-electron chi connectivity index (χ2n) is 4.79. The zero-order valence-electron chi connectivity index (χ0n) is 10.5. The number of halogens is 2. The molecule has 0 radical (unpaired) electrons. The molecule has 1 aromatic rings. The molecule has 6 heteroatoms. The Bertz CT molecular complexity index is 462. The Morgan fingerprint density at radius 3 is 2.68 bits per heavy atom. The van der Waals surface area contributed by atoms with Crippen LogP contribution in [-0.2, 0) is 6.42 Å². The number of fused-ring (bicyclic) bond motifs is 1. The zero-order chi connectivity index (χ0) is 13.3. The van der Waals surface area contributed by atoms with Crippen molar-refractivity contribution < 1.29 is 18.3 Å². The van der Waals surface area contributed by atoms with Gasteiger partial charge in [0.2, 0.25) is 0 Å². The normalized spacial score (nSPS) is 21.6. The van der Waals surface area contributed by atoms with Crippen molar-refractivity contribution in [3.05, 3.63) is 23.8 Å².